The first kappa shape index (κ1) is 22.0. The molecule has 1 aliphatic carbocycles. The van der Waals surface area contributed by atoms with Gasteiger partial charge in [-0.25, -0.2) is 4.98 Å². The third kappa shape index (κ3) is 2.80. The van der Waals surface area contributed by atoms with Crippen LogP contribution in [-0.4, -0.2) is 48.9 Å². The first-order valence-electron chi connectivity index (χ1n) is 11.9. The second-order valence-corrected chi connectivity index (χ2v) is 11.3. The predicted molar refractivity (Wildman–Crippen MR) is 143 cm³/mol. The Hall–Kier alpha value is -3.21. The van der Waals surface area contributed by atoms with E-state index in [1.54, 1.807) is 27.6 Å². The number of nitrogens with zero attached hydrogens (tertiary/aromatic N) is 6. The zero-order valence-corrected chi connectivity index (χ0v) is 21.7. The molecule has 3 atom stereocenters. The second-order valence-electron chi connectivity index (χ2n) is 10.0. The molecule has 2 fully saturated rings. The van der Waals surface area contributed by atoms with Crippen LogP contribution in [-0.2, 0) is 19.5 Å². The standard InChI is InChI=1S/C25H25ClN8OS/c1-12-10-36-23(29-12)25(11-27)16-8-34(9-17(16)25)24-30-21-19(22(35)33(24)3)14(6-28-21)13-4-5-18-15(20(13)26)7-32(2)31-18/h4-7,10,16-17,28H,8-9,11,27H2,1-3H3/t16-,17+,25-. The summed E-state index contributed by atoms with van der Waals surface area (Å²) in [4.78, 5) is 28.7. The van der Waals surface area contributed by atoms with Gasteiger partial charge in [0.25, 0.3) is 5.56 Å². The summed E-state index contributed by atoms with van der Waals surface area (Å²) in [5.41, 5.74) is 10.1. The van der Waals surface area contributed by atoms with Crippen LogP contribution >= 0.6 is 22.9 Å². The van der Waals surface area contributed by atoms with E-state index in [0.29, 0.717) is 40.4 Å². The van der Waals surface area contributed by atoms with Gasteiger partial charge in [-0.2, -0.15) is 10.1 Å². The van der Waals surface area contributed by atoms with Gasteiger partial charge in [0.1, 0.15) is 10.7 Å². The van der Waals surface area contributed by atoms with Crippen molar-refractivity contribution in [3.63, 3.8) is 0 Å². The summed E-state index contributed by atoms with van der Waals surface area (Å²) < 4.78 is 3.39. The number of piperidine rings is 1. The number of rotatable bonds is 4. The maximum absolute atomic E-state index is 13.6. The molecule has 5 aromatic rings. The van der Waals surface area contributed by atoms with E-state index in [1.165, 1.54) is 0 Å². The zero-order chi connectivity index (χ0) is 24.9. The highest BCUT2D eigenvalue weighted by Crippen LogP contribution is 2.63. The van der Waals surface area contributed by atoms with Crippen LogP contribution in [0.25, 0.3) is 33.1 Å². The maximum Gasteiger partial charge on any atom is 0.264 e. The smallest absolute Gasteiger partial charge is 0.264 e. The first-order chi connectivity index (χ1) is 17.3. The fraction of sp³-hybridized carbons (Fsp3) is 0.360. The lowest BCUT2D eigenvalue weighted by atomic mass is 10.0. The number of nitrogens with two attached hydrogens (primary N) is 1. The van der Waals surface area contributed by atoms with Crippen LogP contribution in [0.15, 0.2) is 34.7 Å². The number of aromatic nitrogens is 6. The molecular weight excluding hydrogens is 496 g/mol. The number of thiazole rings is 1. The summed E-state index contributed by atoms with van der Waals surface area (Å²) in [6, 6.07) is 3.83. The number of halogens is 1. The minimum Gasteiger partial charge on any atom is -0.345 e. The van der Waals surface area contributed by atoms with E-state index < -0.39 is 0 Å². The van der Waals surface area contributed by atoms with Crippen molar-refractivity contribution in [2.45, 2.75) is 12.3 Å². The fourth-order valence-corrected chi connectivity index (χ4v) is 7.65. The average Bonchev–Trinajstić information content (AvgIpc) is 3.46. The van der Waals surface area contributed by atoms with E-state index in [9.17, 15) is 4.79 Å². The molecule has 4 aromatic heterocycles. The van der Waals surface area contributed by atoms with E-state index in [-0.39, 0.29) is 11.0 Å². The predicted octanol–water partition coefficient (Wildman–Crippen LogP) is 3.20. The molecule has 2 aliphatic rings. The van der Waals surface area contributed by atoms with E-state index in [4.69, 9.17) is 27.3 Å². The van der Waals surface area contributed by atoms with E-state index in [1.807, 2.05) is 38.5 Å². The summed E-state index contributed by atoms with van der Waals surface area (Å²) in [5, 5.41) is 9.62. The van der Waals surface area contributed by atoms with Gasteiger partial charge in [0, 0.05) is 79.1 Å². The monoisotopic (exact) mass is 520 g/mol. The number of nitrogens with one attached hydrogen (secondary N) is 1. The number of anilines is 1. The lowest BCUT2D eigenvalue weighted by molar-refractivity contribution is 0.542. The van der Waals surface area contributed by atoms with Gasteiger partial charge >= 0.3 is 0 Å². The summed E-state index contributed by atoms with van der Waals surface area (Å²) in [5.74, 6) is 1.51. The van der Waals surface area contributed by atoms with Gasteiger partial charge in [-0.3, -0.25) is 14.0 Å². The van der Waals surface area contributed by atoms with Crippen LogP contribution in [0.1, 0.15) is 10.7 Å². The van der Waals surface area contributed by atoms with Gasteiger partial charge in [0.2, 0.25) is 5.95 Å². The number of aromatic amines is 1. The molecule has 0 unspecified atom stereocenters. The van der Waals surface area contributed by atoms with Gasteiger partial charge in [0.05, 0.1) is 15.9 Å². The summed E-state index contributed by atoms with van der Waals surface area (Å²) in [7, 11) is 3.65. The molecule has 0 spiro atoms. The number of fused-ring (bicyclic) bond motifs is 3. The summed E-state index contributed by atoms with van der Waals surface area (Å²) >= 11 is 8.47. The van der Waals surface area contributed by atoms with Crippen LogP contribution in [0.4, 0.5) is 5.95 Å². The third-order valence-corrected chi connectivity index (χ3v) is 9.65. The molecule has 0 amide bonds. The largest absolute Gasteiger partial charge is 0.345 e. The molecule has 1 aliphatic heterocycles. The van der Waals surface area contributed by atoms with Gasteiger partial charge in [-0.05, 0) is 24.8 Å². The van der Waals surface area contributed by atoms with Gasteiger partial charge in [0.15, 0.2) is 0 Å². The molecule has 1 saturated heterocycles. The Morgan fingerprint density at radius 2 is 2.00 bits per heavy atom. The van der Waals surface area contributed by atoms with Crippen LogP contribution in [0.2, 0.25) is 5.02 Å². The van der Waals surface area contributed by atoms with E-state index in [2.05, 4.69) is 20.4 Å². The molecule has 184 valence electrons. The highest BCUT2D eigenvalue weighted by atomic mass is 35.5. The van der Waals surface area contributed by atoms with Crippen molar-refractivity contribution in [1.29, 1.82) is 0 Å². The molecule has 0 bridgehead atoms. The Morgan fingerprint density at radius 3 is 2.69 bits per heavy atom. The number of H-pyrrole nitrogens is 1. The zero-order valence-electron chi connectivity index (χ0n) is 20.1. The minimum atomic E-state index is -0.102. The third-order valence-electron chi connectivity index (χ3n) is 8.09. The van der Waals surface area contributed by atoms with Crippen LogP contribution in [0.5, 0.6) is 0 Å². The number of aryl methyl sites for hydroxylation is 2. The van der Waals surface area contributed by atoms with Crippen molar-refractivity contribution in [3.8, 4) is 11.1 Å². The van der Waals surface area contributed by atoms with Crippen molar-refractivity contribution >= 4 is 50.8 Å². The topological polar surface area (TPSA) is 111 Å². The highest BCUT2D eigenvalue weighted by Gasteiger charge is 2.69. The first-order valence-corrected chi connectivity index (χ1v) is 13.2. The van der Waals surface area contributed by atoms with Crippen LogP contribution in [0.3, 0.4) is 0 Å². The lowest BCUT2D eigenvalue weighted by Gasteiger charge is -2.26. The van der Waals surface area contributed by atoms with Crippen molar-refractivity contribution in [2.24, 2.45) is 31.7 Å². The molecule has 3 N–H and O–H groups in total. The molecule has 0 radical (unpaired) electrons. The second kappa shape index (κ2) is 7.41. The Kier molecular flexibility index (Phi) is 4.53. The molecular formula is C25H25ClN8OS. The molecule has 9 nitrogen and oxygen atoms in total. The normalized spacial score (nSPS) is 23.2. The van der Waals surface area contributed by atoms with Crippen molar-refractivity contribution < 1.29 is 0 Å². The lowest BCUT2D eigenvalue weighted by Crippen LogP contribution is -2.37. The minimum absolute atomic E-state index is 0.0420. The van der Waals surface area contributed by atoms with E-state index in [0.717, 1.165) is 45.8 Å². The molecule has 11 heteroatoms. The van der Waals surface area contributed by atoms with Crippen LogP contribution in [0, 0.1) is 18.8 Å². The van der Waals surface area contributed by atoms with E-state index >= 15 is 0 Å². The number of hydrogen-bond donors (Lipinski definition) is 2. The Bertz CT molecular complexity index is 1730. The van der Waals surface area contributed by atoms with Gasteiger partial charge in [-0.1, -0.05) is 17.7 Å². The Balaban J connectivity index is 1.26. The van der Waals surface area contributed by atoms with Crippen molar-refractivity contribution in [2.75, 3.05) is 24.5 Å². The SMILES string of the molecule is Cc1csc([C@]2(CN)[C@@H]3CN(c4nc5[nH]cc(-c6ccc7nn(C)cc7c6Cl)c5c(=O)n4C)C[C@@H]32)n1. The quantitative estimate of drug-likeness (QED) is 0.376. The molecule has 36 heavy (non-hydrogen) atoms. The number of benzene rings is 1. The van der Waals surface area contributed by atoms with Crippen molar-refractivity contribution in [3.05, 3.63) is 56.0 Å². The molecule has 7 rings (SSSR count). The summed E-state index contributed by atoms with van der Waals surface area (Å²) in [6.45, 7) is 4.24. The molecule has 1 aromatic carbocycles. The van der Waals surface area contributed by atoms with Gasteiger partial charge < -0.3 is 15.6 Å². The molecule has 5 heterocycles. The highest BCUT2D eigenvalue weighted by molar-refractivity contribution is 7.09. The average molecular weight is 521 g/mol. The maximum atomic E-state index is 13.6. The van der Waals surface area contributed by atoms with Crippen molar-refractivity contribution in [1.82, 2.24) is 29.3 Å². The van der Waals surface area contributed by atoms with Gasteiger partial charge in [-0.15, -0.1) is 11.3 Å². The Labute approximate surface area is 215 Å². The summed E-state index contributed by atoms with van der Waals surface area (Å²) in [6.07, 6.45) is 3.70. The molecule has 1 saturated carbocycles. The Morgan fingerprint density at radius 1 is 1.22 bits per heavy atom. The fourth-order valence-electron chi connectivity index (χ4n) is 6.20. The number of hydrogen-bond acceptors (Lipinski definition) is 7. The van der Waals surface area contributed by atoms with Crippen LogP contribution < -0.4 is 16.2 Å².